The molecule has 0 spiro atoms. The smallest absolute Gasteiger partial charge is 0.257 e. The van der Waals surface area contributed by atoms with E-state index in [2.05, 4.69) is 24.0 Å². The first kappa shape index (κ1) is 12.1. The van der Waals surface area contributed by atoms with Crippen LogP contribution in [-0.4, -0.2) is 4.98 Å². The fourth-order valence-electron chi connectivity index (χ4n) is 1.91. The molecule has 0 amide bonds. The zero-order valence-corrected chi connectivity index (χ0v) is 11.4. The summed E-state index contributed by atoms with van der Waals surface area (Å²) in [5.74, 6) is 0. The molecule has 19 heavy (non-hydrogen) atoms. The Morgan fingerprint density at radius 1 is 1.16 bits per heavy atom. The van der Waals surface area contributed by atoms with Gasteiger partial charge in [0.05, 0.1) is 0 Å². The molecular formula is C15H14N2OS. The number of hydrogen-bond donors (Lipinski definition) is 1. The quantitative estimate of drug-likeness (QED) is 0.570. The summed E-state index contributed by atoms with van der Waals surface area (Å²) in [6.07, 6.45) is 0. The lowest BCUT2D eigenvalue weighted by Crippen LogP contribution is -1.87. The van der Waals surface area contributed by atoms with E-state index in [9.17, 15) is 0 Å². The van der Waals surface area contributed by atoms with Crippen LogP contribution in [0.25, 0.3) is 11.1 Å². The second-order valence-electron chi connectivity index (χ2n) is 4.38. The van der Waals surface area contributed by atoms with Crippen molar-refractivity contribution in [2.24, 2.45) is 0 Å². The molecular weight excluding hydrogens is 256 g/mol. The van der Waals surface area contributed by atoms with Crippen molar-refractivity contribution >= 4 is 28.5 Å². The maximum Gasteiger partial charge on any atom is 0.257 e. The number of benzene rings is 2. The van der Waals surface area contributed by atoms with Gasteiger partial charge in [-0.1, -0.05) is 42.1 Å². The number of oxazole rings is 1. The van der Waals surface area contributed by atoms with Crippen LogP contribution >= 0.6 is 11.8 Å². The molecule has 0 radical (unpaired) electrons. The maximum atomic E-state index is 5.73. The van der Waals surface area contributed by atoms with E-state index >= 15 is 0 Å². The van der Waals surface area contributed by atoms with Gasteiger partial charge in [-0.3, -0.25) is 0 Å². The minimum absolute atomic E-state index is 0.298. The fraction of sp³-hybridized carbons (Fsp3) is 0.133. The Bertz CT molecular complexity index is 694. The third kappa shape index (κ3) is 2.58. The number of nitrogen functional groups attached to an aromatic ring is 1. The van der Waals surface area contributed by atoms with Gasteiger partial charge in [0, 0.05) is 17.0 Å². The van der Waals surface area contributed by atoms with Gasteiger partial charge in [0.15, 0.2) is 5.58 Å². The van der Waals surface area contributed by atoms with Crippen LogP contribution in [0.15, 0.2) is 58.2 Å². The molecule has 2 aromatic carbocycles. The molecule has 0 saturated carbocycles. The van der Waals surface area contributed by atoms with E-state index in [0.717, 1.165) is 11.1 Å². The molecule has 96 valence electrons. The van der Waals surface area contributed by atoms with Gasteiger partial charge in [-0.05, 0) is 24.6 Å². The van der Waals surface area contributed by atoms with Crippen LogP contribution in [-0.2, 0) is 0 Å². The molecule has 4 heteroatoms. The van der Waals surface area contributed by atoms with Gasteiger partial charge in [0.25, 0.3) is 5.22 Å². The zero-order valence-electron chi connectivity index (χ0n) is 10.5. The Labute approximate surface area is 115 Å². The van der Waals surface area contributed by atoms with Crippen molar-refractivity contribution in [1.82, 2.24) is 4.98 Å². The maximum absolute atomic E-state index is 5.73. The largest absolute Gasteiger partial charge is 0.431 e. The number of fused-ring (bicyclic) bond motifs is 1. The van der Waals surface area contributed by atoms with E-state index in [4.69, 9.17) is 10.2 Å². The number of aromatic nitrogens is 1. The van der Waals surface area contributed by atoms with Crippen molar-refractivity contribution in [3.63, 3.8) is 0 Å². The summed E-state index contributed by atoms with van der Waals surface area (Å²) in [5.41, 5.74) is 9.26. The second kappa shape index (κ2) is 4.97. The lowest BCUT2D eigenvalue weighted by Gasteiger charge is -2.07. The topological polar surface area (TPSA) is 52.0 Å². The Morgan fingerprint density at radius 3 is 2.74 bits per heavy atom. The lowest BCUT2D eigenvalue weighted by atomic mass is 10.2. The van der Waals surface area contributed by atoms with E-state index in [-0.39, 0.29) is 0 Å². The van der Waals surface area contributed by atoms with E-state index in [1.54, 1.807) is 17.8 Å². The number of hydrogen-bond acceptors (Lipinski definition) is 4. The van der Waals surface area contributed by atoms with E-state index < -0.39 is 0 Å². The molecule has 1 unspecified atom stereocenters. The van der Waals surface area contributed by atoms with Gasteiger partial charge in [0.2, 0.25) is 0 Å². The van der Waals surface area contributed by atoms with Crippen molar-refractivity contribution < 1.29 is 4.42 Å². The summed E-state index contributed by atoms with van der Waals surface area (Å²) >= 11 is 1.61. The highest BCUT2D eigenvalue weighted by Crippen LogP contribution is 2.35. The summed E-state index contributed by atoms with van der Waals surface area (Å²) in [6, 6.07) is 15.8. The molecule has 1 aromatic heterocycles. The minimum atomic E-state index is 0.298. The molecule has 0 aliphatic heterocycles. The molecule has 3 rings (SSSR count). The van der Waals surface area contributed by atoms with Crippen molar-refractivity contribution in [3.05, 3.63) is 54.1 Å². The van der Waals surface area contributed by atoms with Crippen LogP contribution in [0, 0.1) is 0 Å². The van der Waals surface area contributed by atoms with Crippen molar-refractivity contribution in [2.75, 3.05) is 5.73 Å². The van der Waals surface area contributed by atoms with Crippen molar-refractivity contribution in [3.8, 4) is 0 Å². The summed E-state index contributed by atoms with van der Waals surface area (Å²) in [7, 11) is 0. The first-order valence-corrected chi connectivity index (χ1v) is 6.98. The van der Waals surface area contributed by atoms with Crippen LogP contribution in [0.2, 0.25) is 0 Å². The third-order valence-electron chi connectivity index (χ3n) is 2.94. The van der Waals surface area contributed by atoms with E-state index in [1.165, 1.54) is 5.56 Å². The average Bonchev–Trinajstić information content (AvgIpc) is 2.81. The highest BCUT2D eigenvalue weighted by molar-refractivity contribution is 7.99. The number of rotatable bonds is 3. The zero-order chi connectivity index (χ0) is 13.2. The highest BCUT2D eigenvalue weighted by Gasteiger charge is 2.12. The first-order chi connectivity index (χ1) is 9.22. The first-order valence-electron chi connectivity index (χ1n) is 6.10. The van der Waals surface area contributed by atoms with Crippen LogP contribution < -0.4 is 5.73 Å². The Hall–Kier alpha value is -1.94. The van der Waals surface area contributed by atoms with Gasteiger partial charge in [-0.15, -0.1) is 0 Å². The van der Waals surface area contributed by atoms with Crippen LogP contribution in [0.1, 0.15) is 17.7 Å². The van der Waals surface area contributed by atoms with Gasteiger partial charge in [-0.25, -0.2) is 4.98 Å². The molecule has 0 aliphatic rings. The highest BCUT2D eigenvalue weighted by atomic mass is 32.2. The van der Waals surface area contributed by atoms with Crippen molar-refractivity contribution in [2.45, 2.75) is 17.4 Å². The van der Waals surface area contributed by atoms with Gasteiger partial charge in [-0.2, -0.15) is 0 Å². The number of nitrogens with two attached hydrogens (primary N) is 1. The normalized spacial score (nSPS) is 12.7. The SMILES string of the molecule is CC(Sc1nc2ccc(N)cc2o1)c1ccccc1. The Kier molecular flexibility index (Phi) is 3.17. The van der Waals surface area contributed by atoms with E-state index in [1.807, 2.05) is 30.3 Å². The Morgan fingerprint density at radius 2 is 1.95 bits per heavy atom. The molecule has 0 fully saturated rings. The summed E-state index contributed by atoms with van der Waals surface area (Å²) in [5, 5.41) is 0.976. The van der Waals surface area contributed by atoms with Crippen molar-refractivity contribution in [1.29, 1.82) is 0 Å². The molecule has 1 atom stereocenters. The van der Waals surface area contributed by atoms with Crippen LogP contribution in [0.3, 0.4) is 0 Å². The molecule has 1 heterocycles. The number of nitrogens with zero attached hydrogens (tertiary/aromatic N) is 1. The molecule has 0 saturated heterocycles. The molecule has 3 nitrogen and oxygen atoms in total. The summed E-state index contributed by atoms with van der Waals surface area (Å²) < 4.78 is 5.71. The number of thioether (sulfide) groups is 1. The molecule has 3 aromatic rings. The monoisotopic (exact) mass is 270 g/mol. The summed E-state index contributed by atoms with van der Waals surface area (Å²) in [4.78, 5) is 4.46. The van der Waals surface area contributed by atoms with Gasteiger partial charge in [0.1, 0.15) is 5.52 Å². The predicted octanol–water partition coefficient (Wildman–Crippen LogP) is 4.26. The molecule has 0 aliphatic carbocycles. The molecule has 0 bridgehead atoms. The van der Waals surface area contributed by atoms with Gasteiger partial charge < -0.3 is 10.2 Å². The lowest BCUT2D eigenvalue weighted by molar-refractivity contribution is 0.488. The summed E-state index contributed by atoms with van der Waals surface area (Å²) in [6.45, 7) is 2.14. The molecule has 2 N–H and O–H groups in total. The van der Waals surface area contributed by atoms with Crippen LogP contribution in [0.5, 0.6) is 0 Å². The van der Waals surface area contributed by atoms with Gasteiger partial charge >= 0.3 is 0 Å². The fourth-order valence-corrected chi connectivity index (χ4v) is 2.80. The average molecular weight is 270 g/mol. The predicted molar refractivity (Wildman–Crippen MR) is 79.1 cm³/mol. The standard InChI is InChI=1S/C15H14N2OS/c1-10(11-5-3-2-4-6-11)19-15-17-13-8-7-12(16)9-14(13)18-15/h2-10H,16H2,1H3. The number of anilines is 1. The van der Waals surface area contributed by atoms with E-state index in [0.29, 0.717) is 16.2 Å². The third-order valence-corrected chi connectivity index (χ3v) is 3.94. The Balaban J connectivity index is 1.85. The second-order valence-corrected chi connectivity index (χ2v) is 5.67. The minimum Gasteiger partial charge on any atom is -0.431 e. The van der Waals surface area contributed by atoms with Crippen LogP contribution in [0.4, 0.5) is 5.69 Å².